The van der Waals surface area contributed by atoms with Crippen LogP contribution in [0.5, 0.6) is 0 Å². The van der Waals surface area contributed by atoms with Crippen LogP contribution in [-0.4, -0.2) is 27.5 Å². The maximum Gasteiger partial charge on any atom is 0.277 e. The fourth-order valence-electron chi connectivity index (χ4n) is 1.13. The number of hydrogen-bond acceptors (Lipinski definition) is 3. The zero-order chi connectivity index (χ0) is 11.0. The highest BCUT2D eigenvalue weighted by Gasteiger charge is 2.14. The molecule has 0 radical (unpaired) electrons. The van der Waals surface area contributed by atoms with E-state index in [1.807, 2.05) is 0 Å². The second-order valence-electron chi connectivity index (χ2n) is 3.19. The predicted molar refractivity (Wildman–Crippen MR) is 65.3 cm³/mol. The zero-order valence-corrected chi connectivity index (χ0v) is 11.0. The first-order valence-corrected chi connectivity index (χ1v) is 6.51. The van der Waals surface area contributed by atoms with E-state index in [1.54, 1.807) is 6.92 Å². The molecular weight excluding hydrogens is 238 g/mol. The Morgan fingerprint density at radius 1 is 1.33 bits per heavy atom. The minimum absolute atomic E-state index is 0. The van der Waals surface area contributed by atoms with Gasteiger partial charge in [0.1, 0.15) is 0 Å². The van der Waals surface area contributed by atoms with E-state index < -0.39 is 10.2 Å². The molecule has 1 atom stereocenters. The van der Waals surface area contributed by atoms with Crippen LogP contribution in [0.2, 0.25) is 0 Å². The van der Waals surface area contributed by atoms with Gasteiger partial charge in [0.05, 0.1) is 0 Å². The molecule has 1 unspecified atom stereocenters. The van der Waals surface area contributed by atoms with Crippen molar-refractivity contribution in [2.45, 2.75) is 39.2 Å². The van der Waals surface area contributed by atoms with Crippen molar-refractivity contribution < 1.29 is 8.42 Å². The minimum atomic E-state index is -3.35. The van der Waals surface area contributed by atoms with Crippen LogP contribution in [0.1, 0.15) is 33.1 Å². The van der Waals surface area contributed by atoms with Gasteiger partial charge in [0.25, 0.3) is 10.2 Å². The number of nitrogens with two attached hydrogens (primary N) is 1. The number of halogens is 1. The molecule has 15 heavy (non-hydrogen) atoms. The summed E-state index contributed by atoms with van der Waals surface area (Å²) in [6, 6.07) is -0.154. The Bertz CT molecular complexity index is 234. The van der Waals surface area contributed by atoms with Crippen LogP contribution in [0.4, 0.5) is 0 Å². The third-order valence-electron chi connectivity index (χ3n) is 1.85. The lowest BCUT2D eigenvalue weighted by atomic mass is 10.1. The number of nitrogens with one attached hydrogen (secondary N) is 2. The van der Waals surface area contributed by atoms with Crippen molar-refractivity contribution in [2.75, 3.05) is 13.1 Å². The van der Waals surface area contributed by atoms with E-state index in [0.717, 1.165) is 19.3 Å². The fourth-order valence-corrected chi connectivity index (χ4v) is 2.24. The van der Waals surface area contributed by atoms with Gasteiger partial charge in [-0.3, -0.25) is 0 Å². The lowest BCUT2D eigenvalue weighted by molar-refractivity contribution is 0.509. The summed E-state index contributed by atoms with van der Waals surface area (Å²) >= 11 is 0. The number of rotatable bonds is 8. The zero-order valence-electron chi connectivity index (χ0n) is 9.32. The van der Waals surface area contributed by atoms with Crippen LogP contribution in [-0.2, 0) is 10.2 Å². The molecule has 0 aromatic carbocycles. The molecule has 0 aliphatic heterocycles. The molecule has 0 aromatic rings. The number of hydrogen-bond donors (Lipinski definition) is 3. The molecule has 0 amide bonds. The molecule has 4 N–H and O–H groups in total. The van der Waals surface area contributed by atoms with Crippen molar-refractivity contribution >= 4 is 22.6 Å². The summed E-state index contributed by atoms with van der Waals surface area (Å²) in [6.07, 6.45) is 2.81. The summed E-state index contributed by atoms with van der Waals surface area (Å²) in [6.45, 7) is 4.53. The van der Waals surface area contributed by atoms with Gasteiger partial charge in [0.15, 0.2) is 0 Å². The summed E-state index contributed by atoms with van der Waals surface area (Å²) in [7, 11) is -3.35. The summed E-state index contributed by atoms with van der Waals surface area (Å²) in [5.41, 5.74) is 5.46. The Hall–Kier alpha value is 0.120. The molecule has 0 spiro atoms. The molecule has 0 aromatic heterocycles. The molecule has 0 bridgehead atoms. The highest BCUT2D eigenvalue weighted by Crippen LogP contribution is 2.00. The van der Waals surface area contributed by atoms with Gasteiger partial charge in [-0.05, 0) is 6.42 Å². The Balaban J connectivity index is 0. The van der Waals surface area contributed by atoms with Gasteiger partial charge in [-0.25, -0.2) is 4.72 Å². The lowest BCUT2D eigenvalue weighted by Crippen LogP contribution is -2.45. The Kier molecular flexibility index (Phi) is 10.9. The molecule has 0 saturated heterocycles. The first-order chi connectivity index (χ1) is 6.55. The molecule has 94 valence electrons. The van der Waals surface area contributed by atoms with Gasteiger partial charge in [0, 0.05) is 19.1 Å². The van der Waals surface area contributed by atoms with Crippen molar-refractivity contribution in [3.05, 3.63) is 0 Å². The van der Waals surface area contributed by atoms with E-state index in [9.17, 15) is 8.42 Å². The van der Waals surface area contributed by atoms with E-state index in [1.165, 1.54) is 0 Å². The second kappa shape index (κ2) is 9.35. The molecule has 5 nitrogen and oxygen atoms in total. The van der Waals surface area contributed by atoms with Gasteiger partial charge in [0.2, 0.25) is 0 Å². The van der Waals surface area contributed by atoms with Crippen molar-refractivity contribution in [2.24, 2.45) is 5.73 Å². The van der Waals surface area contributed by atoms with Gasteiger partial charge in [-0.15, -0.1) is 12.4 Å². The van der Waals surface area contributed by atoms with Crippen molar-refractivity contribution in [3.8, 4) is 0 Å². The smallest absolute Gasteiger partial charge is 0.277 e. The molecule has 7 heteroatoms. The van der Waals surface area contributed by atoms with Crippen LogP contribution in [0.15, 0.2) is 0 Å². The second-order valence-corrected chi connectivity index (χ2v) is 4.73. The lowest BCUT2D eigenvalue weighted by Gasteiger charge is -2.16. The van der Waals surface area contributed by atoms with Crippen LogP contribution < -0.4 is 15.2 Å². The maximum absolute atomic E-state index is 11.3. The molecule has 0 fully saturated rings. The Morgan fingerprint density at radius 2 is 1.93 bits per heavy atom. The van der Waals surface area contributed by atoms with Crippen LogP contribution in [0, 0.1) is 0 Å². The standard InChI is InChI=1S/C8H21N3O2S.ClH/c1-3-5-6-8(7-9)11-14(12,13)10-4-2;/h8,10-11H,3-7,9H2,1-2H3;1H. The molecule has 0 rings (SSSR count). The predicted octanol–water partition coefficient (Wildman–Crippen LogP) is 0.370. The van der Waals surface area contributed by atoms with E-state index >= 15 is 0 Å². The Morgan fingerprint density at radius 3 is 2.33 bits per heavy atom. The van der Waals surface area contributed by atoms with E-state index in [0.29, 0.717) is 13.1 Å². The molecule has 0 heterocycles. The quantitative estimate of drug-likeness (QED) is 0.589. The number of unbranched alkanes of at least 4 members (excludes halogenated alkanes) is 1. The molecule has 0 aliphatic carbocycles. The Labute approximate surface area is 98.8 Å². The van der Waals surface area contributed by atoms with Gasteiger partial charge < -0.3 is 5.73 Å². The van der Waals surface area contributed by atoms with Crippen molar-refractivity contribution in [1.82, 2.24) is 9.44 Å². The fraction of sp³-hybridized carbons (Fsp3) is 1.00. The monoisotopic (exact) mass is 259 g/mol. The van der Waals surface area contributed by atoms with Crippen LogP contribution in [0.25, 0.3) is 0 Å². The first-order valence-electron chi connectivity index (χ1n) is 5.02. The molecular formula is C8H22ClN3O2S. The third kappa shape index (κ3) is 9.07. The molecule has 0 saturated carbocycles. The summed E-state index contributed by atoms with van der Waals surface area (Å²) in [5, 5.41) is 0. The normalized spacial score (nSPS) is 13.3. The average Bonchev–Trinajstić information content (AvgIpc) is 2.12. The topological polar surface area (TPSA) is 84.2 Å². The van der Waals surface area contributed by atoms with E-state index in [-0.39, 0.29) is 18.4 Å². The highest BCUT2D eigenvalue weighted by atomic mass is 35.5. The average molecular weight is 260 g/mol. The maximum atomic E-state index is 11.3. The van der Waals surface area contributed by atoms with E-state index in [4.69, 9.17) is 5.73 Å². The third-order valence-corrected chi connectivity index (χ3v) is 3.16. The minimum Gasteiger partial charge on any atom is -0.329 e. The highest BCUT2D eigenvalue weighted by molar-refractivity contribution is 7.87. The van der Waals surface area contributed by atoms with Crippen LogP contribution >= 0.6 is 12.4 Å². The molecule has 0 aliphatic rings. The van der Waals surface area contributed by atoms with Crippen molar-refractivity contribution in [1.29, 1.82) is 0 Å². The summed E-state index contributed by atoms with van der Waals surface area (Å²) < 4.78 is 27.5. The van der Waals surface area contributed by atoms with Crippen molar-refractivity contribution in [3.63, 3.8) is 0 Å². The van der Waals surface area contributed by atoms with Gasteiger partial charge >= 0.3 is 0 Å². The van der Waals surface area contributed by atoms with Crippen LogP contribution in [0.3, 0.4) is 0 Å². The first kappa shape index (κ1) is 17.5. The SMILES string of the molecule is CCCCC(CN)NS(=O)(=O)NCC.Cl. The van der Waals surface area contributed by atoms with Gasteiger partial charge in [-0.2, -0.15) is 13.1 Å². The summed E-state index contributed by atoms with van der Waals surface area (Å²) in [4.78, 5) is 0. The van der Waals surface area contributed by atoms with Gasteiger partial charge in [-0.1, -0.05) is 26.7 Å². The summed E-state index contributed by atoms with van der Waals surface area (Å²) in [5.74, 6) is 0. The van der Waals surface area contributed by atoms with E-state index in [2.05, 4.69) is 16.4 Å². The largest absolute Gasteiger partial charge is 0.329 e.